The lowest BCUT2D eigenvalue weighted by molar-refractivity contribution is 0.174. The molecule has 1 saturated carbocycles. The van der Waals surface area contributed by atoms with Crippen LogP contribution in [-0.2, 0) is 13.5 Å². The third kappa shape index (κ3) is 2.29. The molecule has 3 rings (SSSR count). The molecule has 0 bridgehead atoms. The number of aryl methyl sites for hydroxylation is 1. The first-order valence-electron chi connectivity index (χ1n) is 6.35. The van der Waals surface area contributed by atoms with E-state index in [-0.39, 0.29) is 0 Å². The van der Waals surface area contributed by atoms with Gasteiger partial charge in [0.15, 0.2) is 0 Å². The first kappa shape index (κ1) is 11.4. The Balaban J connectivity index is 1.71. The molecular formula is C14H17N3O. The van der Waals surface area contributed by atoms with Crippen LogP contribution >= 0.6 is 0 Å². The SMILES string of the molecule is Cn1ncnc1CC(O)c1ccc(C2CC2)cc1. The molecule has 1 atom stereocenters. The van der Waals surface area contributed by atoms with Crippen molar-refractivity contribution in [2.75, 3.05) is 0 Å². The van der Waals surface area contributed by atoms with E-state index in [1.54, 1.807) is 4.68 Å². The maximum Gasteiger partial charge on any atom is 0.138 e. The van der Waals surface area contributed by atoms with Gasteiger partial charge in [-0.2, -0.15) is 5.10 Å². The summed E-state index contributed by atoms with van der Waals surface area (Å²) in [6.45, 7) is 0. The summed E-state index contributed by atoms with van der Waals surface area (Å²) >= 11 is 0. The van der Waals surface area contributed by atoms with E-state index in [9.17, 15) is 5.11 Å². The second kappa shape index (κ2) is 4.53. The highest BCUT2D eigenvalue weighted by molar-refractivity contribution is 5.29. The predicted molar refractivity (Wildman–Crippen MR) is 68.1 cm³/mol. The number of nitrogens with zero attached hydrogens (tertiary/aromatic N) is 3. The summed E-state index contributed by atoms with van der Waals surface area (Å²) in [5.41, 5.74) is 2.34. The lowest BCUT2D eigenvalue weighted by Gasteiger charge is -2.11. The van der Waals surface area contributed by atoms with Crippen molar-refractivity contribution in [1.29, 1.82) is 0 Å². The molecule has 1 aliphatic carbocycles. The molecule has 0 saturated heterocycles. The number of aromatic nitrogens is 3. The summed E-state index contributed by atoms with van der Waals surface area (Å²) in [7, 11) is 1.84. The van der Waals surface area contributed by atoms with Crippen molar-refractivity contribution in [1.82, 2.24) is 14.8 Å². The Kier molecular flexibility index (Phi) is 2.88. The van der Waals surface area contributed by atoms with Crippen LogP contribution in [0.5, 0.6) is 0 Å². The van der Waals surface area contributed by atoms with Gasteiger partial charge in [0, 0.05) is 13.5 Å². The van der Waals surface area contributed by atoms with Gasteiger partial charge in [-0.25, -0.2) is 4.98 Å². The van der Waals surface area contributed by atoms with Crippen LogP contribution < -0.4 is 0 Å². The molecule has 1 unspecified atom stereocenters. The summed E-state index contributed by atoms with van der Waals surface area (Å²) in [5.74, 6) is 1.56. The Morgan fingerprint density at radius 2 is 2.06 bits per heavy atom. The average molecular weight is 243 g/mol. The van der Waals surface area contributed by atoms with Crippen LogP contribution in [0.15, 0.2) is 30.6 Å². The van der Waals surface area contributed by atoms with Gasteiger partial charge >= 0.3 is 0 Å². The molecule has 0 aliphatic heterocycles. The first-order chi connectivity index (χ1) is 8.74. The van der Waals surface area contributed by atoms with Gasteiger partial charge in [-0.15, -0.1) is 0 Å². The van der Waals surface area contributed by atoms with Gasteiger partial charge in [0.25, 0.3) is 0 Å². The molecule has 94 valence electrons. The maximum atomic E-state index is 10.2. The highest BCUT2D eigenvalue weighted by atomic mass is 16.3. The van der Waals surface area contributed by atoms with Crippen LogP contribution in [0.4, 0.5) is 0 Å². The number of benzene rings is 1. The van der Waals surface area contributed by atoms with E-state index in [1.165, 1.54) is 24.7 Å². The lowest BCUT2D eigenvalue weighted by Crippen LogP contribution is -2.07. The summed E-state index contributed by atoms with van der Waals surface area (Å²) < 4.78 is 1.70. The number of hydrogen-bond donors (Lipinski definition) is 1. The Morgan fingerprint density at radius 1 is 1.33 bits per heavy atom. The van der Waals surface area contributed by atoms with Gasteiger partial charge in [-0.05, 0) is 29.9 Å². The summed E-state index contributed by atoms with van der Waals surface area (Å²) in [6.07, 6.45) is 4.11. The van der Waals surface area contributed by atoms with Crippen LogP contribution in [0.3, 0.4) is 0 Å². The van der Waals surface area contributed by atoms with E-state index >= 15 is 0 Å². The Hall–Kier alpha value is -1.68. The molecule has 4 nitrogen and oxygen atoms in total. The number of rotatable bonds is 4. The van der Waals surface area contributed by atoms with Gasteiger partial charge < -0.3 is 5.11 Å². The minimum Gasteiger partial charge on any atom is -0.388 e. The highest BCUT2D eigenvalue weighted by Gasteiger charge is 2.23. The van der Waals surface area contributed by atoms with Crippen LogP contribution in [-0.4, -0.2) is 19.9 Å². The Morgan fingerprint density at radius 3 is 2.61 bits per heavy atom. The molecule has 0 spiro atoms. The molecule has 1 aromatic heterocycles. The smallest absolute Gasteiger partial charge is 0.138 e. The number of hydrogen-bond acceptors (Lipinski definition) is 3. The van der Waals surface area contributed by atoms with E-state index in [0.717, 1.165) is 17.3 Å². The molecule has 1 heterocycles. The van der Waals surface area contributed by atoms with Crippen molar-refractivity contribution in [2.45, 2.75) is 31.3 Å². The zero-order chi connectivity index (χ0) is 12.5. The summed E-state index contributed by atoms with van der Waals surface area (Å²) in [6, 6.07) is 8.31. The zero-order valence-corrected chi connectivity index (χ0v) is 10.5. The monoisotopic (exact) mass is 243 g/mol. The van der Waals surface area contributed by atoms with E-state index in [0.29, 0.717) is 6.42 Å². The number of aliphatic hydroxyl groups excluding tert-OH is 1. The lowest BCUT2D eigenvalue weighted by atomic mass is 10.0. The largest absolute Gasteiger partial charge is 0.388 e. The van der Waals surface area contributed by atoms with E-state index < -0.39 is 6.10 Å². The van der Waals surface area contributed by atoms with Crippen LogP contribution in [0.2, 0.25) is 0 Å². The predicted octanol–water partition coefficient (Wildman–Crippen LogP) is 1.97. The van der Waals surface area contributed by atoms with Crippen LogP contribution in [0.1, 0.15) is 41.8 Å². The van der Waals surface area contributed by atoms with Gasteiger partial charge in [-0.1, -0.05) is 24.3 Å². The molecule has 2 aromatic rings. The number of aliphatic hydroxyl groups is 1. The molecule has 0 radical (unpaired) electrons. The first-order valence-corrected chi connectivity index (χ1v) is 6.35. The van der Waals surface area contributed by atoms with E-state index in [1.807, 2.05) is 19.2 Å². The third-order valence-corrected chi connectivity index (χ3v) is 3.55. The van der Waals surface area contributed by atoms with Crippen molar-refractivity contribution in [2.24, 2.45) is 7.05 Å². The molecule has 4 heteroatoms. The van der Waals surface area contributed by atoms with Gasteiger partial charge in [-0.3, -0.25) is 4.68 Å². The topological polar surface area (TPSA) is 50.9 Å². The normalized spacial score (nSPS) is 16.8. The van der Waals surface area contributed by atoms with Crippen molar-refractivity contribution >= 4 is 0 Å². The van der Waals surface area contributed by atoms with Crippen molar-refractivity contribution in [3.05, 3.63) is 47.5 Å². The van der Waals surface area contributed by atoms with Crippen LogP contribution in [0.25, 0.3) is 0 Å². The molecule has 1 aromatic carbocycles. The molecule has 1 N–H and O–H groups in total. The maximum absolute atomic E-state index is 10.2. The van der Waals surface area contributed by atoms with Crippen LogP contribution in [0, 0.1) is 0 Å². The molecule has 0 amide bonds. The second-order valence-electron chi connectivity index (χ2n) is 4.96. The molecule has 1 fully saturated rings. The second-order valence-corrected chi connectivity index (χ2v) is 4.96. The van der Waals surface area contributed by atoms with E-state index in [4.69, 9.17) is 0 Å². The van der Waals surface area contributed by atoms with Crippen molar-refractivity contribution in [3.8, 4) is 0 Å². The van der Waals surface area contributed by atoms with Crippen molar-refractivity contribution in [3.63, 3.8) is 0 Å². The highest BCUT2D eigenvalue weighted by Crippen LogP contribution is 2.40. The van der Waals surface area contributed by atoms with E-state index in [2.05, 4.69) is 22.2 Å². The van der Waals surface area contributed by atoms with Gasteiger partial charge in [0.05, 0.1) is 6.10 Å². The molecule has 18 heavy (non-hydrogen) atoms. The van der Waals surface area contributed by atoms with Crippen molar-refractivity contribution < 1.29 is 5.11 Å². The van der Waals surface area contributed by atoms with Gasteiger partial charge in [0.1, 0.15) is 12.2 Å². The standard InChI is InChI=1S/C14H17N3O/c1-17-14(15-9-16-17)8-13(18)12-6-4-11(5-7-12)10-2-3-10/h4-7,9-10,13,18H,2-3,8H2,1H3. The molecule has 1 aliphatic rings. The quantitative estimate of drug-likeness (QED) is 0.893. The fraction of sp³-hybridized carbons (Fsp3) is 0.429. The average Bonchev–Trinajstić information content (AvgIpc) is 3.16. The molecular weight excluding hydrogens is 226 g/mol. The minimum absolute atomic E-state index is 0.499. The third-order valence-electron chi connectivity index (χ3n) is 3.55. The fourth-order valence-corrected chi connectivity index (χ4v) is 2.20. The summed E-state index contributed by atoms with van der Waals surface area (Å²) in [5, 5.41) is 14.2. The Bertz CT molecular complexity index is 528. The summed E-state index contributed by atoms with van der Waals surface area (Å²) in [4.78, 5) is 4.13. The van der Waals surface area contributed by atoms with Gasteiger partial charge in [0.2, 0.25) is 0 Å². The zero-order valence-electron chi connectivity index (χ0n) is 10.5. The Labute approximate surface area is 106 Å². The fourth-order valence-electron chi connectivity index (χ4n) is 2.20. The minimum atomic E-state index is -0.513.